The average molecular weight is 542 g/mol. The Balaban J connectivity index is 1.29. The Morgan fingerprint density at radius 1 is 1.07 bits per heavy atom. The Morgan fingerprint density at radius 2 is 1.90 bits per heavy atom. The van der Waals surface area contributed by atoms with Crippen LogP contribution in [0.2, 0.25) is 0 Å². The number of ether oxygens (including phenoxy) is 1. The van der Waals surface area contributed by atoms with Crippen molar-refractivity contribution in [1.29, 1.82) is 0 Å². The predicted octanol–water partition coefficient (Wildman–Crippen LogP) is 2.74. The van der Waals surface area contributed by atoms with Crippen LogP contribution in [0.4, 0.5) is 10.6 Å². The van der Waals surface area contributed by atoms with E-state index in [4.69, 9.17) is 9.73 Å². The Hall–Kier alpha value is -4.80. The first kappa shape index (κ1) is 26.8. The predicted molar refractivity (Wildman–Crippen MR) is 149 cm³/mol. The molecule has 2 aliphatic rings. The van der Waals surface area contributed by atoms with Crippen molar-refractivity contribution in [2.75, 3.05) is 32.1 Å². The highest BCUT2D eigenvalue weighted by Gasteiger charge is 2.49. The number of amides is 3. The fourth-order valence-corrected chi connectivity index (χ4v) is 4.73. The maximum absolute atomic E-state index is 13.4. The van der Waals surface area contributed by atoms with E-state index in [2.05, 4.69) is 20.6 Å². The van der Waals surface area contributed by atoms with Crippen LogP contribution in [0.25, 0.3) is 0 Å². The molecule has 0 spiro atoms. The number of Topliss-reactive ketones (excluding diaryl/α,β-unsaturated/α-hetero) is 1. The molecule has 0 radical (unpaired) electrons. The van der Waals surface area contributed by atoms with Crippen molar-refractivity contribution in [2.45, 2.75) is 32.0 Å². The number of aliphatic imine (C=N–C) groups is 1. The van der Waals surface area contributed by atoms with Gasteiger partial charge in [0.2, 0.25) is 0 Å². The van der Waals surface area contributed by atoms with Gasteiger partial charge in [-0.25, -0.2) is 14.8 Å². The molecule has 0 saturated carbocycles. The van der Waals surface area contributed by atoms with Gasteiger partial charge in [0.15, 0.2) is 11.9 Å². The summed E-state index contributed by atoms with van der Waals surface area (Å²) in [5, 5.41) is 6.25. The van der Waals surface area contributed by atoms with E-state index in [1.807, 2.05) is 37.3 Å². The number of pyridine rings is 2. The molecule has 0 bridgehead atoms. The van der Waals surface area contributed by atoms with Crippen LogP contribution in [0.5, 0.6) is 5.75 Å². The molecule has 206 valence electrons. The molecule has 4 heterocycles. The summed E-state index contributed by atoms with van der Waals surface area (Å²) in [6, 6.07) is 13.7. The van der Waals surface area contributed by atoms with Crippen LogP contribution in [0, 0.1) is 0 Å². The molecule has 11 heteroatoms. The second-order valence-electron chi connectivity index (χ2n) is 9.53. The van der Waals surface area contributed by atoms with Crippen molar-refractivity contribution in [2.24, 2.45) is 4.99 Å². The molecule has 3 amide bonds. The minimum atomic E-state index is -0.676. The van der Waals surface area contributed by atoms with Crippen LogP contribution in [0.15, 0.2) is 72.1 Å². The molecule has 2 aromatic heterocycles. The van der Waals surface area contributed by atoms with Crippen molar-refractivity contribution in [1.82, 2.24) is 25.1 Å². The van der Waals surface area contributed by atoms with Crippen molar-refractivity contribution in [3.63, 3.8) is 0 Å². The van der Waals surface area contributed by atoms with Gasteiger partial charge in [0.25, 0.3) is 5.91 Å². The number of aromatic nitrogens is 2. The van der Waals surface area contributed by atoms with Crippen molar-refractivity contribution >= 4 is 29.4 Å². The molecule has 2 N–H and O–H groups in total. The first-order chi connectivity index (χ1) is 19.5. The number of carbonyl (C=O) groups is 3. The Labute approximate surface area is 232 Å². The lowest BCUT2D eigenvalue weighted by Gasteiger charge is -2.40. The summed E-state index contributed by atoms with van der Waals surface area (Å²) in [5.74, 6) is 1.41. The van der Waals surface area contributed by atoms with Gasteiger partial charge in [-0.2, -0.15) is 0 Å². The third-order valence-electron chi connectivity index (χ3n) is 6.88. The largest absolute Gasteiger partial charge is 0.497 e. The van der Waals surface area contributed by atoms with Gasteiger partial charge < -0.3 is 15.4 Å². The Morgan fingerprint density at radius 3 is 2.58 bits per heavy atom. The van der Waals surface area contributed by atoms with Gasteiger partial charge in [-0.15, -0.1) is 0 Å². The van der Waals surface area contributed by atoms with Crippen molar-refractivity contribution in [3.05, 3.63) is 83.8 Å². The number of nitrogens with zero attached hydrogens (tertiary/aromatic N) is 5. The standard InChI is InChI=1S/C29H31N7O4/c1-3-14-36-28(38)25-27(35(29(36)39)15-12-19-6-9-22(40-2)10-7-19)34-26(33-25)21-8-11-24(31-17-21)32-18-23(37)20-5-4-13-30-16-20/h4-11,13,16-17,25,27H,3,12,14-15,18H2,1-2H3,(H,31,32)(H,33,34). The van der Waals surface area contributed by atoms with Crippen LogP contribution in [-0.2, 0) is 11.2 Å². The number of benzene rings is 1. The summed E-state index contributed by atoms with van der Waals surface area (Å²) in [5.41, 5.74) is 2.25. The molecule has 40 heavy (non-hydrogen) atoms. The SMILES string of the molecule is CCCN1C(=O)C2NC(c3ccc(NCC(=O)c4cccnc4)nc3)=NC2N(CCc2ccc(OC)cc2)C1=O. The van der Waals surface area contributed by atoms with E-state index in [1.54, 1.807) is 42.6 Å². The number of hydrogen-bond donors (Lipinski definition) is 2. The number of amidine groups is 1. The third kappa shape index (κ3) is 5.63. The first-order valence-corrected chi connectivity index (χ1v) is 13.2. The molecule has 11 nitrogen and oxygen atoms in total. The van der Waals surface area contributed by atoms with Gasteiger partial charge in [0.05, 0.1) is 13.7 Å². The number of urea groups is 1. The highest BCUT2D eigenvalue weighted by molar-refractivity contribution is 6.08. The number of fused-ring (bicyclic) bond motifs is 1. The number of nitrogens with one attached hydrogen (secondary N) is 2. The van der Waals surface area contributed by atoms with Crippen LogP contribution >= 0.6 is 0 Å². The van der Waals surface area contributed by atoms with Gasteiger partial charge in [-0.05, 0) is 54.8 Å². The number of ketones is 1. The minimum absolute atomic E-state index is 0.0778. The van der Waals surface area contributed by atoms with E-state index >= 15 is 0 Å². The smallest absolute Gasteiger partial charge is 0.328 e. The minimum Gasteiger partial charge on any atom is -0.497 e. The fourth-order valence-electron chi connectivity index (χ4n) is 4.73. The van der Waals surface area contributed by atoms with E-state index in [0.29, 0.717) is 48.7 Å². The highest BCUT2D eigenvalue weighted by atomic mass is 16.5. The first-order valence-electron chi connectivity index (χ1n) is 13.2. The summed E-state index contributed by atoms with van der Waals surface area (Å²) in [4.78, 5) is 55.1. The summed E-state index contributed by atoms with van der Waals surface area (Å²) >= 11 is 0. The topological polar surface area (TPSA) is 129 Å². The van der Waals surface area contributed by atoms with Crippen LogP contribution in [0.1, 0.15) is 34.8 Å². The van der Waals surface area contributed by atoms with E-state index in [0.717, 1.165) is 11.3 Å². The zero-order valence-corrected chi connectivity index (χ0v) is 22.4. The number of hydrogen-bond acceptors (Lipinski definition) is 9. The number of imide groups is 1. The van der Waals surface area contributed by atoms with Gasteiger partial charge in [-0.1, -0.05) is 19.1 Å². The number of carbonyl (C=O) groups excluding carboxylic acids is 3. The van der Waals surface area contributed by atoms with Gasteiger partial charge in [0, 0.05) is 42.8 Å². The molecule has 2 atom stereocenters. The summed E-state index contributed by atoms with van der Waals surface area (Å²) < 4.78 is 5.23. The number of rotatable bonds is 11. The lowest BCUT2D eigenvalue weighted by Crippen LogP contribution is -2.65. The number of methoxy groups -OCH3 is 1. The summed E-state index contributed by atoms with van der Waals surface area (Å²) in [6.45, 7) is 2.76. The maximum atomic E-state index is 13.4. The van der Waals surface area contributed by atoms with E-state index in [-0.39, 0.29) is 24.3 Å². The molecular weight excluding hydrogens is 510 g/mol. The molecule has 5 rings (SSSR count). The van der Waals surface area contributed by atoms with Crippen LogP contribution in [0.3, 0.4) is 0 Å². The average Bonchev–Trinajstić information content (AvgIpc) is 3.44. The second kappa shape index (κ2) is 11.9. The lowest BCUT2D eigenvalue weighted by molar-refractivity contribution is -0.134. The van der Waals surface area contributed by atoms with E-state index < -0.39 is 12.2 Å². The zero-order valence-electron chi connectivity index (χ0n) is 22.4. The molecule has 1 aromatic carbocycles. The zero-order chi connectivity index (χ0) is 28.1. The molecule has 1 saturated heterocycles. The van der Waals surface area contributed by atoms with E-state index in [9.17, 15) is 14.4 Å². The van der Waals surface area contributed by atoms with Gasteiger partial charge in [0.1, 0.15) is 23.4 Å². The van der Waals surface area contributed by atoms with Gasteiger partial charge >= 0.3 is 6.03 Å². The molecule has 2 unspecified atom stereocenters. The van der Waals surface area contributed by atoms with Crippen molar-refractivity contribution < 1.29 is 19.1 Å². The molecule has 1 fully saturated rings. The fraction of sp³-hybridized carbons (Fsp3) is 0.310. The summed E-state index contributed by atoms with van der Waals surface area (Å²) in [6.07, 6.45) is 5.38. The molecule has 2 aliphatic heterocycles. The summed E-state index contributed by atoms with van der Waals surface area (Å²) in [7, 11) is 1.62. The number of anilines is 1. The third-order valence-corrected chi connectivity index (χ3v) is 6.88. The lowest BCUT2D eigenvalue weighted by atomic mass is 10.1. The quantitative estimate of drug-likeness (QED) is 0.355. The van der Waals surface area contributed by atoms with Crippen molar-refractivity contribution in [3.8, 4) is 5.75 Å². The normalized spacial score (nSPS) is 18.2. The molecule has 3 aromatic rings. The highest BCUT2D eigenvalue weighted by Crippen LogP contribution is 2.25. The Kier molecular flexibility index (Phi) is 7.99. The monoisotopic (exact) mass is 541 g/mol. The second-order valence-corrected chi connectivity index (χ2v) is 9.53. The maximum Gasteiger partial charge on any atom is 0.328 e. The van der Waals surface area contributed by atoms with Gasteiger partial charge in [-0.3, -0.25) is 24.4 Å². The Bertz CT molecular complexity index is 1390. The van der Waals surface area contributed by atoms with E-state index in [1.165, 1.54) is 11.1 Å². The molecular formula is C29H31N7O4. The molecule has 0 aliphatic carbocycles. The van der Waals surface area contributed by atoms with Crippen LogP contribution < -0.4 is 15.4 Å². The van der Waals surface area contributed by atoms with Crippen LogP contribution in [-0.4, -0.2) is 82.3 Å².